The number of para-hydroxylation sites is 1. The number of rotatable bonds is 3. The largest absolute Gasteiger partial charge is 0.360 e. The first-order valence-corrected chi connectivity index (χ1v) is 7.87. The molecule has 0 saturated carbocycles. The van der Waals surface area contributed by atoms with Crippen LogP contribution in [0.15, 0.2) is 35.8 Å². The Labute approximate surface area is 132 Å². The Kier molecular flexibility index (Phi) is 3.45. The second-order valence-corrected chi connectivity index (χ2v) is 7.05. The van der Waals surface area contributed by atoms with Gasteiger partial charge in [-0.1, -0.05) is 39.0 Å². The summed E-state index contributed by atoms with van der Waals surface area (Å²) in [4.78, 5) is 32.2. The van der Waals surface area contributed by atoms with E-state index in [-0.39, 0.29) is 11.6 Å². The quantitative estimate of drug-likeness (QED) is 0.741. The van der Waals surface area contributed by atoms with Crippen molar-refractivity contribution < 1.29 is 9.59 Å². The van der Waals surface area contributed by atoms with Crippen molar-refractivity contribution in [1.82, 2.24) is 9.97 Å². The first kappa shape index (κ1) is 14.7. The van der Waals surface area contributed by atoms with Gasteiger partial charge in [-0.25, -0.2) is 4.98 Å². The van der Waals surface area contributed by atoms with Crippen molar-refractivity contribution in [3.05, 3.63) is 52.1 Å². The fourth-order valence-electron chi connectivity index (χ4n) is 2.24. The lowest BCUT2D eigenvalue weighted by molar-refractivity contribution is 0.0853. The van der Waals surface area contributed by atoms with Gasteiger partial charge in [0.05, 0.1) is 5.56 Å². The van der Waals surface area contributed by atoms with Gasteiger partial charge in [-0.3, -0.25) is 9.59 Å². The molecule has 2 heterocycles. The van der Waals surface area contributed by atoms with Crippen LogP contribution in [0.5, 0.6) is 0 Å². The second-order valence-electron chi connectivity index (χ2n) is 6.19. The molecular weight excluding hydrogens is 296 g/mol. The molecule has 0 aliphatic carbocycles. The standard InChI is InChI=1S/C17H16N2O2S/c1-17(2,3)15(21)13-9-22-16(19-13)14(20)11-8-18-12-7-5-4-6-10(11)12/h4-9,18H,1-3H3. The van der Waals surface area contributed by atoms with Crippen LogP contribution < -0.4 is 0 Å². The number of nitrogens with zero attached hydrogens (tertiary/aromatic N) is 1. The van der Waals surface area contributed by atoms with E-state index in [0.717, 1.165) is 10.9 Å². The molecular formula is C17H16N2O2S. The van der Waals surface area contributed by atoms with Crippen LogP contribution in [-0.4, -0.2) is 21.5 Å². The molecule has 22 heavy (non-hydrogen) atoms. The summed E-state index contributed by atoms with van der Waals surface area (Å²) in [5.74, 6) is -0.211. The topological polar surface area (TPSA) is 62.8 Å². The van der Waals surface area contributed by atoms with E-state index in [1.165, 1.54) is 11.3 Å². The van der Waals surface area contributed by atoms with Gasteiger partial charge in [-0.2, -0.15) is 0 Å². The number of ketones is 2. The summed E-state index contributed by atoms with van der Waals surface area (Å²) in [6.45, 7) is 5.53. The molecule has 112 valence electrons. The van der Waals surface area contributed by atoms with E-state index in [4.69, 9.17) is 0 Å². The minimum atomic E-state index is -0.505. The van der Waals surface area contributed by atoms with Gasteiger partial charge in [-0.05, 0) is 6.07 Å². The maximum absolute atomic E-state index is 12.6. The first-order chi connectivity index (χ1) is 10.4. The number of Topliss-reactive ketones (excluding diaryl/α,β-unsaturated/α-hetero) is 1. The maximum Gasteiger partial charge on any atom is 0.223 e. The monoisotopic (exact) mass is 312 g/mol. The molecule has 0 radical (unpaired) electrons. The van der Waals surface area contributed by atoms with Crippen molar-refractivity contribution in [2.75, 3.05) is 0 Å². The van der Waals surface area contributed by atoms with Crippen molar-refractivity contribution in [3.8, 4) is 0 Å². The van der Waals surface area contributed by atoms with Gasteiger partial charge in [0.2, 0.25) is 5.78 Å². The summed E-state index contributed by atoms with van der Waals surface area (Å²) in [6.07, 6.45) is 1.69. The number of nitrogens with one attached hydrogen (secondary N) is 1. The summed E-state index contributed by atoms with van der Waals surface area (Å²) < 4.78 is 0. The highest BCUT2D eigenvalue weighted by molar-refractivity contribution is 7.12. The van der Waals surface area contributed by atoms with Crippen molar-refractivity contribution in [2.45, 2.75) is 20.8 Å². The minimum Gasteiger partial charge on any atom is -0.360 e. The molecule has 3 aromatic rings. The van der Waals surface area contributed by atoms with Gasteiger partial charge in [0.15, 0.2) is 10.8 Å². The molecule has 0 fully saturated rings. The third kappa shape index (κ3) is 2.48. The van der Waals surface area contributed by atoms with Gasteiger partial charge in [-0.15, -0.1) is 11.3 Å². The van der Waals surface area contributed by atoms with E-state index >= 15 is 0 Å². The number of thiazole rings is 1. The van der Waals surface area contributed by atoms with Crippen LogP contribution >= 0.6 is 11.3 Å². The molecule has 0 unspecified atom stereocenters. The fraction of sp³-hybridized carbons (Fsp3) is 0.235. The highest BCUT2D eigenvalue weighted by Gasteiger charge is 2.26. The number of aromatic nitrogens is 2. The molecule has 0 amide bonds. The summed E-state index contributed by atoms with van der Waals surface area (Å²) in [5, 5.41) is 2.87. The molecule has 0 saturated heterocycles. The molecule has 4 nitrogen and oxygen atoms in total. The average molecular weight is 312 g/mol. The number of hydrogen-bond acceptors (Lipinski definition) is 4. The molecule has 0 bridgehead atoms. The number of aromatic amines is 1. The van der Waals surface area contributed by atoms with Gasteiger partial charge in [0.1, 0.15) is 5.69 Å². The molecule has 1 aromatic carbocycles. The number of carbonyl (C=O) groups is 2. The molecule has 3 rings (SSSR count). The zero-order valence-electron chi connectivity index (χ0n) is 12.6. The Hall–Kier alpha value is -2.27. The average Bonchev–Trinajstić information content (AvgIpc) is 3.12. The van der Waals surface area contributed by atoms with E-state index in [2.05, 4.69) is 9.97 Å². The Balaban J connectivity index is 1.97. The predicted octanol–water partition coefficient (Wildman–Crippen LogP) is 4.08. The Morgan fingerprint density at radius 2 is 1.91 bits per heavy atom. The van der Waals surface area contributed by atoms with Gasteiger partial charge >= 0.3 is 0 Å². The molecule has 0 aliphatic heterocycles. The number of carbonyl (C=O) groups excluding carboxylic acids is 2. The number of fused-ring (bicyclic) bond motifs is 1. The summed E-state index contributed by atoms with van der Waals surface area (Å²) >= 11 is 1.21. The number of benzene rings is 1. The van der Waals surface area contributed by atoms with Crippen molar-refractivity contribution >= 4 is 33.8 Å². The summed E-state index contributed by atoms with van der Waals surface area (Å²) in [7, 11) is 0. The molecule has 0 aliphatic rings. The van der Waals surface area contributed by atoms with Crippen LogP contribution in [-0.2, 0) is 0 Å². The second kappa shape index (κ2) is 5.18. The van der Waals surface area contributed by atoms with E-state index in [0.29, 0.717) is 16.3 Å². The van der Waals surface area contributed by atoms with Gasteiger partial charge in [0, 0.05) is 27.9 Å². The molecule has 0 atom stereocenters. The minimum absolute atomic E-state index is 0.0540. The van der Waals surface area contributed by atoms with Crippen LogP contribution in [0, 0.1) is 5.41 Å². The summed E-state index contributed by atoms with van der Waals surface area (Å²) in [5.41, 5.74) is 1.35. The van der Waals surface area contributed by atoms with E-state index < -0.39 is 5.41 Å². The fourth-order valence-corrected chi connectivity index (χ4v) is 2.99. The zero-order valence-corrected chi connectivity index (χ0v) is 13.5. The van der Waals surface area contributed by atoms with Crippen LogP contribution in [0.3, 0.4) is 0 Å². The van der Waals surface area contributed by atoms with Crippen LogP contribution in [0.25, 0.3) is 10.9 Å². The van der Waals surface area contributed by atoms with Crippen LogP contribution in [0.4, 0.5) is 0 Å². The van der Waals surface area contributed by atoms with E-state index in [9.17, 15) is 9.59 Å². The molecule has 0 spiro atoms. The smallest absolute Gasteiger partial charge is 0.223 e. The van der Waals surface area contributed by atoms with E-state index in [1.807, 2.05) is 45.0 Å². The first-order valence-electron chi connectivity index (χ1n) is 6.99. The van der Waals surface area contributed by atoms with Crippen molar-refractivity contribution in [1.29, 1.82) is 0 Å². The lowest BCUT2D eigenvalue weighted by Crippen LogP contribution is -2.20. The Morgan fingerprint density at radius 3 is 2.64 bits per heavy atom. The number of hydrogen-bond donors (Lipinski definition) is 1. The molecule has 2 aromatic heterocycles. The molecule has 5 heteroatoms. The normalized spacial score (nSPS) is 11.8. The Morgan fingerprint density at radius 1 is 1.18 bits per heavy atom. The van der Waals surface area contributed by atoms with Crippen molar-refractivity contribution in [2.24, 2.45) is 5.41 Å². The maximum atomic E-state index is 12.6. The lowest BCUT2D eigenvalue weighted by Gasteiger charge is -2.14. The predicted molar refractivity (Wildman–Crippen MR) is 87.6 cm³/mol. The number of H-pyrrole nitrogens is 1. The highest BCUT2D eigenvalue weighted by atomic mass is 32.1. The lowest BCUT2D eigenvalue weighted by atomic mass is 9.89. The van der Waals surface area contributed by atoms with Gasteiger partial charge in [0.25, 0.3) is 0 Å². The molecule has 1 N–H and O–H groups in total. The van der Waals surface area contributed by atoms with E-state index in [1.54, 1.807) is 11.6 Å². The summed E-state index contributed by atoms with van der Waals surface area (Å²) in [6, 6.07) is 7.62. The van der Waals surface area contributed by atoms with Crippen molar-refractivity contribution in [3.63, 3.8) is 0 Å². The van der Waals surface area contributed by atoms with Gasteiger partial charge < -0.3 is 4.98 Å². The SMILES string of the molecule is CC(C)(C)C(=O)c1csc(C(=O)c2c[nH]c3ccccc23)n1. The highest BCUT2D eigenvalue weighted by Crippen LogP contribution is 2.25. The third-order valence-corrected chi connectivity index (χ3v) is 4.29. The zero-order chi connectivity index (χ0) is 15.9. The van der Waals surface area contributed by atoms with Crippen LogP contribution in [0.2, 0.25) is 0 Å². The Bertz CT molecular complexity index is 868. The van der Waals surface area contributed by atoms with Crippen LogP contribution in [0.1, 0.15) is 46.6 Å². The third-order valence-electron chi connectivity index (χ3n) is 3.45.